The largest absolute Gasteiger partial charge is 0.490 e. The highest BCUT2D eigenvalue weighted by molar-refractivity contribution is 5.63. The third-order valence-electron chi connectivity index (χ3n) is 3.24. The molecule has 0 radical (unpaired) electrons. The molecule has 1 aromatic heterocycles. The molecular weight excluding hydrogens is 240 g/mol. The number of benzene rings is 1. The summed E-state index contributed by atoms with van der Waals surface area (Å²) in [4.78, 5) is 14.4. The Labute approximate surface area is 110 Å². The zero-order valence-electron chi connectivity index (χ0n) is 10.4. The Morgan fingerprint density at radius 2 is 2.21 bits per heavy atom. The summed E-state index contributed by atoms with van der Waals surface area (Å²) in [7, 11) is 0. The summed E-state index contributed by atoms with van der Waals surface area (Å²) in [5.74, 6) is 0.909. The highest BCUT2D eigenvalue weighted by atomic mass is 16.5. The van der Waals surface area contributed by atoms with E-state index in [2.05, 4.69) is 4.98 Å². The number of aromatic amines is 1. The first-order chi connectivity index (χ1) is 9.17. The molecule has 0 unspecified atom stereocenters. The van der Waals surface area contributed by atoms with Gasteiger partial charge in [0.1, 0.15) is 23.5 Å². The lowest BCUT2D eigenvalue weighted by Crippen LogP contribution is -2.10. The van der Waals surface area contributed by atoms with Crippen molar-refractivity contribution in [3.8, 4) is 23.1 Å². The van der Waals surface area contributed by atoms with E-state index in [-0.39, 0.29) is 17.2 Å². The predicted octanol–water partition coefficient (Wildman–Crippen LogP) is 2.24. The molecule has 2 aromatic rings. The van der Waals surface area contributed by atoms with Gasteiger partial charge in [0.2, 0.25) is 0 Å². The van der Waals surface area contributed by atoms with Gasteiger partial charge in [0.15, 0.2) is 0 Å². The van der Waals surface area contributed by atoms with E-state index in [4.69, 9.17) is 10.00 Å². The minimum Gasteiger partial charge on any atom is -0.490 e. The van der Waals surface area contributed by atoms with Crippen molar-refractivity contribution >= 4 is 0 Å². The minimum atomic E-state index is -0.356. The summed E-state index contributed by atoms with van der Waals surface area (Å²) >= 11 is 0. The third-order valence-corrected chi connectivity index (χ3v) is 3.24. The fraction of sp³-hybridized carbons (Fsp3) is 0.200. The molecule has 0 spiro atoms. The molecule has 4 nitrogen and oxygen atoms in total. The van der Waals surface area contributed by atoms with Crippen molar-refractivity contribution < 1.29 is 4.74 Å². The molecule has 4 heteroatoms. The first-order valence-corrected chi connectivity index (χ1v) is 6.11. The summed E-state index contributed by atoms with van der Waals surface area (Å²) < 4.78 is 5.64. The van der Waals surface area contributed by atoms with E-state index in [1.807, 2.05) is 31.2 Å². The zero-order valence-corrected chi connectivity index (χ0v) is 10.4. The standard InChI is InChI=1S/C15H12N2O2/c1-9-6-12-7-10(3-5-14(12)19-9)13-4-2-11(8-16)15(18)17-13/h2-5,7,9H,6H2,1H3,(H,17,18)/t9-/m1/s1. The highest BCUT2D eigenvalue weighted by Gasteiger charge is 2.19. The number of hydrogen-bond acceptors (Lipinski definition) is 3. The average molecular weight is 252 g/mol. The Morgan fingerprint density at radius 3 is 2.95 bits per heavy atom. The molecule has 0 aliphatic carbocycles. The van der Waals surface area contributed by atoms with Gasteiger partial charge in [0, 0.05) is 12.1 Å². The Kier molecular flexibility index (Phi) is 2.60. The van der Waals surface area contributed by atoms with E-state index in [1.165, 1.54) is 0 Å². The van der Waals surface area contributed by atoms with Gasteiger partial charge < -0.3 is 9.72 Å². The number of aromatic nitrogens is 1. The summed E-state index contributed by atoms with van der Waals surface area (Å²) in [5, 5.41) is 8.75. The van der Waals surface area contributed by atoms with Crippen molar-refractivity contribution in [2.45, 2.75) is 19.4 Å². The molecule has 94 valence electrons. The van der Waals surface area contributed by atoms with Gasteiger partial charge in [-0.3, -0.25) is 4.79 Å². The van der Waals surface area contributed by atoms with Crippen molar-refractivity contribution in [1.29, 1.82) is 5.26 Å². The fourth-order valence-corrected chi connectivity index (χ4v) is 2.32. The lowest BCUT2D eigenvalue weighted by Gasteiger charge is -2.04. The number of fused-ring (bicyclic) bond motifs is 1. The molecule has 0 saturated carbocycles. The number of nitrogens with zero attached hydrogens (tertiary/aromatic N) is 1. The van der Waals surface area contributed by atoms with Crippen LogP contribution in [0, 0.1) is 11.3 Å². The monoisotopic (exact) mass is 252 g/mol. The highest BCUT2D eigenvalue weighted by Crippen LogP contribution is 2.32. The molecule has 2 heterocycles. The van der Waals surface area contributed by atoms with Crippen molar-refractivity contribution in [1.82, 2.24) is 4.98 Å². The van der Waals surface area contributed by atoms with E-state index in [1.54, 1.807) is 12.1 Å². The first-order valence-electron chi connectivity index (χ1n) is 6.11. The topological polar surface area (TPSA) is 65.9 Å². The SMILES string of the molecule is C[C@@H]1Cc2cc(-c3ccc(C#N)c(=O)[nH]3)ccc2O1. The van der Waals surface area contributed by atoms with Crippen molar-refractivity contribution in [3.05, 3.63) is 51.8 Å². The quantitative estimate of drug-likeness (QED) is 0.846. The van der Waals surface area contributed by atoms with Gasteiger partial charge in [-0.25, -0.2) is 0 Å². The van der Waals surface area contributed by atoms with Crippen LogP contribution in [-0.2, 0) is 6.42 Å². The molecule has 1 N–H and O–H groups in total. The van der Waals surface area contributed by atoms with Crippen LogP contribution in [0.3, 0.4) is 0 Å². The maximum Gasteiger partial charge on any atom is 0.266 e. The smallest absolute Gasteiger partial charge is 0.266 e. The van der Waals surface area contributed by atoms with Gasteiger partial charge >= 0.3 is 0 Å². The number of hydrogen-bond donors (Lipinski definition) is 1. The van der Waals surface area contributed by atoms with Crippen LogP contribution < -0.4 is 10.3 Å². The van der Waals surface area contributed by atoms with E-state index >= 15 is 0 Å². The Hall–Kier alpha value is -2.54. The molecule has 0 bridgehead atoms. The molecular formula is C15H12N2O2. The van der Waals surface area contributed by atoms with Gasteiger partial charge in [-0.15, -0.1) is 0 Å². The number of nitrogens with one attached hydrogen (secondary N) is 1. The Balaban J connectivity index is 2.05. The third kappa shape index (κ3) is 2.00. The van der Waals surface area contributed by atoms with Crippen LogP contribution in [0.1, 0.15) is 18.1 Å². The second-order valence-corrected chi connectivity index (χ2v) is 4.68. The molecule has 1 aromatic carbocycles. The Bertz CT molecular complexity index is 741. The summed E-state index contributed by atoms with van der Waals surface area (Å²) in [6, 6.07) is 11.0. The summed E-state index contributed by atoms with van der Waals surface area (Å²) in [6.07, 6.45) is 1.08. The molecule has 1 atom stereocenters. The number of ether oxygens (including phenoxy) is 1. The van der Waals surface area contributed by atoms with Gasteiger partial charge in [-0.2, -0.15) is 5.26 Å². The number of rotatable bonds is 1. The molecule has 1 aliphatic rings. The van der Waals surface area contributed by atoms with Crippen LogP contribution >= 0.6 is 0 Å². The molecule has 0 fully saturated rings. The van der Waals surface area contributed by atoms with Crippen LogP contribution in [0.4, 0.5) is 0 Å². The maximum atomic E-state index is 11.6. The minimum absolute atomic E-state index is 0.127. The number of nitriles is 1. The van der Waals surface area contributed by atoms with Crippen molar-refractivity contribution in [3.63, 3.8) is 0 Å². The van der Waals surface area contributed by atoms with Crippen molar-refractivity contribution in [2.75, 3.05) is 0 Å². The van der Waals surface area contributed by atoms with E-state index in [0.717, 1.165) is 23.3 Å². The van der Waals surface area contributed by atoms with Crippen LogP contribution in [-0.4, -0.2) is 11.1 Å². The van der Waals surface area contributed by atoms with E-state index in [9.17, 15) is 4.79 Å². The van der Waals surface area contributed by atoms with E-state index in [0.29, 0.717) is 5.69 Å². The van der Waals surface area contributed by atoms with Gasteiger partial charge in [-0.1, -0.05) is 0 Å². The predicted molar refractivity (Wildman–Crippen MR) is 71.0 cm³/mol. The molecule has 19 heavy (non-hydrogen) atoms. The van der Waals surface area contributed by atoms with Crippen LogP contribution in [0.5, 0.6) is 5.75 Å². The lowest BCUT2D eigenvalue weighted by atomic mass is 10.0. The lowest BCUT2D eigenvalue weighted by molar-refractivity contribution is 0.254. The second-order valence-electron chi connectivity index (χ2n) is 4.68. The van der Waals surface area contributed by atoms with Crippen LogP contribution in [0.25, 0.3) is 11.3 Å². The van der Waals surface area contributed by atoms with E-state index < -0.39 is 0 Å². The van der Waals surface area contributed by atoms with Crippen LogP contribution in [0.15, 0.2) is 35.1 Å². The number of pyridine rings is 1. The maximum absolute atomic E-state index is 11.6. The molecule has 0 amide bonds. The Morgan fingerprint density at radius 1 is 1.37 bits per heavy atom. The second kappa shape index (κ2) is 4.29. The number of H-pyrrole nitrogens is 1. The van der Waals surface area contributed by atoms with Gasteiger partial charge in [0.25, 0.3) is 5.56 Å². The fourth-order valence-electron chi connectivity index (χ4n) is 2.32. The molecule has 1 aliphatic heterocycles. The zero-order chi connectivity index (χ0) is 13.4. The average Bonchev–Trinajstić information content (AvgIpc) is 2.77. The molecule has 3 rings (SSSR count). The summed E-state index contributed by atoms with van der Waals surface area (Å²) in [6.45, 7) is 2.03. The van der Waals surface area contributed by atoms with Gasteiger partial charge in [0.05, 0.1) is 0 Å². The summed E-state index contributed by atoms with van der Waals surface area (Å²) in [5.41, 5.74) is 2.56. The first kappa shape index (κ1) is 11.5. The molecule has 0 saturated heterocycles. The van der Waals surface area contributed by atoms with Crippen molar-refractivity contribution in [2.24, 2.45) is 0 Å². The van der Waals surface area contributed by atoms with Crippen LogP contribution in [0.2, 0.25) is 0 Å². The van der Waals surface area contributed by atoms with Gasteiger partial charge in [-0.05, 0) is 48.4 Å². The normalized spacial score (nSPS) is 16.5.